The number of carboxylic acid groups (broad SMARTS) is 1. The number of hydrogen-bond acceptors (Lipinski definition) is 2. The van der Waals surface area contributed by atoms with Crippen LogP contribution in [-0.2, 0) is 18.3 Å². The van der Waals surface area contributed by atoms with Gasteiger partial charge in [-0.3, -0.25) is 0 Å². The summed E-state index contributed by atoms with van der Waals surface area (Å²) in [6.45, 7) is 0. The van der Waals surface area contributed by atoms with E-state index in [1.165, 1.54) is 6.20 Å². The van der Waals surface area contributed by atoms with Crippen molar-refractivity contribution in [1.29, 1.82) is 0 Å². The highest BCUT2D eigenvalue weighted by Crippen LogP contribution is 2.20. The lowest BCUT2D eigenvalue weighted by molar-refractivity contribution is -0.165. The third-order valence-electron chi connectivity index (χ3n) is 1.90. The fourth-order valence-electron chi connectivity index (χ4n) is 1.01. The Kier molecular flexibility index (Phi) is 2.83. The molecule has 1 N–H and O–H groups in total. The van der Waals surface area contributed by atoms with Crippen molar-refractivity contribution in [2.45, 2.75) is 18.8 Å². The van der Waals surface area contributed by atoms with Crippen LogP contribution in [-0.4, -0.2) is 26.5 Å². The molecule has 0 unspecified atom stereocenters. The Morgan fingerprint density at radius 2 is 2.36 bits per heavy atom. The molecule has 1 aromatic rings. The van der Waals surface area contributed by atoms with Crippen LogP contribution in [0.3, 0.4) is 0 Å². The number of nitrogens with zero attached hydrogens (tertiary/aromatic N) is 2. The van der Waals surface area contributed by atoms with E-state index < -0.39 is 18.3 Å². The van der Waals surface area contributed by atoms with Crippen molar-refractivity contribution in [3.63, 3.8) is 0 Å². The molecule has 0 aromatic carbocycles. The van der Waals surface area contributed by atoms with Crippen LogP contribution in [0.15, 0.2) is 12.4 Å². The highest BCUT2D eigenvalue weighted by molar-refractivity contribution is 5.75. The Bertz CT molecular complexity index is 336. The number of aliphatic carboxylic acids is 1. The smallest absolute Gasteiger partial charge is 0.374 e. The lowest BCUT2D eigenvalue weighted by atomic mass is 10.2. The first-order valence-electron chi connectivity index (χ1n) is 4.01. The number of rotatable bonds is 4. The number of imidazole rings is 1. The average molecular weight is 204 g/mol. The quantitative estimate of drug-likeness (QED) is 0.798. The number of alkyl halides is 2. The Morgan fingerprint density at radius 3 is 2.79 bits per heavy atom. The van der Waals surface area contributed by atoms with Crippen LogP contribution >= 0.6 is 0 Å². The Morgan fingerprint density at radius 1 is 1.71 bits per heavy atom. The zero-order chi connectivity index (χ0) is 10.8. The number of carbonyl (C=O) groups is 1. The molecule has 1 aromatic heterocycles. The summed E-state index contributed by atoms with van der Waals surface area (Å²) >= 11 is 0. The second-order valence-electron chi connectivity index (χ2n) is 2.96. The van der Waals surface area contributed by atoms with Gasteiger partial charge in [-0.2, -0.15) is 8.78 Å². The van der Waals surface area contributed by atoms with Gasteiger partial charge in [-0.25, -0.2) is 9.78 Å². The minimum atomic E-state index is -3.67. The van der Waals surface area contributed by atoms with E-state index >= 15 is 0 Å². The predicted molar refractivity (Wildman–Crippen MR) is 44.1 cm³/mol. The molecular formula is C8H10F2N2O2. The number of aromatic nitrogens is 2. The Labute approximate surface area is 79.2 Å². The first-order chi connectivity index (χ1) is 6.43. The summed E-state index contributed by atoms with van der Waals surface area (Å²) in [6.07, 6.45) is 2.32. The third kappa shape index (κ3) is 2.27. The summed E-state index contributed by atoms with van der Waals surface area (Å²) < 4.78 is 26.8. The highest BCUT2D eigenvalue weighted by Gasteiger charge is 2.38. The number of hydrogen-bond donors (Lipinski definition) is 1. The van der Waals surface area contributed by atoms with E-state index in [1.807, 2.05) is 0 Å². The second kappa shape index (κ2) is 3.73. The van der Waals surface area contributed by atoms with Crippen molar-refractivity contribution in [2.75, 3.05) is 0 Å². The Balaban J connectivity index is 2.57. The molecule has 0 amide bonds. The zero-order valence-electron chi connectivity index (χ0n) is 7.57. The normalized spacial score (nSPS) is 11.6. The lowest BCUT2D eigenvalue weighted by Gasteiger charge is -2.10. The zero-order valence-corrected chi connectivity index (χ0v) is 7.57. The fraction of sp³-hybridized carbons (Fsp3) is 0.500. The molecule has 14 heavy (non-hydrogen) atoms. The maximum atomic E-state index is 12.6. The van der Waals surface area contributed by atoms with Crippen molar-refractivity contribution >= 4 is 5.97 Å². The van der Waals surface area contributed by atoms with Crippen molar-refractivity contribution in [2.24, 2.45) is 7.05 Å². The second-order valence-corrected chi connectivity index (χ2v) is 2.96. The van der Waals surface area contributed by atoms with Gasteiger partial charge in [0.25, 0.3) is 0 Å². The number of halogens is 2. The molecule has 0 spiro atoms. The maximum Gasteiger partial charge on any atom is 0.374 e. The summed E-state index contributed by atoms with van der Waals surface area (Å²) in [5.41, 5.74) is 0. The van der Waals surface area contributed by atoms with E-state index in [0.717, 1.165) is 0 Å². The van der Waals surface area contributed by atoms with Gasteiger partial charge in [0.2, 0.25) is 0 Å². The van der Waals surface area contributed by atoms with Gasteiger partial charge in [-0.1, -0.05) is 0 Å². The molecule has 0 aliphatic rings. The fourth-order valence-corrected chi connectivity index (χ4v) is 1.01. The van der Waals surface area contributed by atoms with E-state index in [1.54, 1.807) is 17.8 Å². The standard InChI is InChI=1S/C8H10F2N2O2/c1-12-5-4-11-6(12)2-3-8(9,10)7(13)14/h4-5H,2-3H2,1H3,(H,13,14). The SMILES string of the molecule is Cn1ccnc1CCC(F)(F)C(=O)O. The molecule has 78 valence electrons. The molecule has 0 bridgehead atoms. The van der Waals surface area contributed by atoms with Gasteiger partial charge < -0.3 is 9.67 Å². The molecule has 6 heteroatoms. The van der Waals surface area contributed by atoms with Gasteiger partial charge in [0.15, 0.2) is 0 Å². The van der Waals surface area contributed by atoms with Gasteiger partial charge in [-0.15, -0.1) is 0 Å². The van der Waals surface area contributed by atoms with Crippen LogP contribution in [0.2, 0.25) is 0 Å². The van der Waals surface area contributed by atoms with Gasteiger partial charge >= 0.3 is 11.9 Å². The molecule has 0 fully saturated rings. The molecule has 1 heterocycles. The van der Waals surface area contributed by atoms with E-state index in [4.69, 9.17) is 5.11 Å². The van der Waals surface area contributed by atoms with E-state index in [9.17, 15) is 13.6 Å². The minimum Gasteiger partial charge on any atom is -0.477 e. The highest BCUT2D eigenvalue weighted by atomic mass is 19.3. The van der Waals surface area contributed by atoms with Gasteiger partial charge in [0.1, 0.15) is 5.82 Å². The Hall–Kier alpha value is -1.46. The molecule has 0 atom stereocenters. The molecule has 4 nitrogen and oxygen atoms in total. The summed E-state index contributed by atoms with van der Waals surface area (Å²) in [7, 11) is 1.67. The molecular weight excluding hydrogens is 194 g/mol. The maximum absolute atomic E-state index is 12.6. The molecule has 0 saturated carbocycles. The monoisotopic (exact) mass is 204 g/mol. The van der Waals surface area contributed by atoms with Crippen LogP contribution in [0.4, 0.5) is 8.78 Å². The molecule has 0 aliphatic heterocycles. The molecule has 0 saturated heterocycles. The van der Waals surface area contributed by atoms with Crippen LogP contribution in [0.5, 0.6) is 0 Å². The van der Waals surface area contributed by atoms with Crippen LogP contribution < -0.4 is 0 Å². The van der Waals surface area contributed by atoms with Crippen LogP contribution in [0.1, 0.15) is 12.2 Å². The largest absolute Gasteiger partial charge is 0.477 e. The van der Waals surface area contributed by atoms with Gasteiger partial charge in [-0.05, 0) is 0 Å². The average Bonchev–Trinajstić information content (AvgIpc) is 2.47. The summed E-state index contributed by atoms with van der Waals surface area (Å²) in [5.74, 6) is -5.32. The lowest BCUT2D eigenvalue weighted by Crippen LogP contribution is -2.29. The summed E-state index contributed by atoms with van der Waals surface area (Å²) in [5, 5.41) is 8.16. The van der Waals surface area contributed by atoms with Gasteiger partial charge in [0, 0.05) is 32.3 Å². The van der Waals surface area contributed by atoms with E-state index in [2.05, 4.69) is 4.98 Å². The number of aryl methyl sites for hydroxylation is 2. The van der Waals surface area contributed by atoms with E-state index in [-0.39, 0.29) is 6.42 Å². The molecule has 1 rings (SSSR count). The minimum absolute atomic E-state index is 0.0528. The van der Waals surface area contributed by atoms with Crippen molar-refractivity contribution in [3.05, 3.63) is 18.2 Å². The summed E-state index contributed by atoms with van der Waals surface area (Å²) in [4.78, 5) is 13.9. The van der Waals surface area contributed by atoms with Crippen LogP contribution in [0, 0.1) is 0 Å². The first-order valence-corrected chi connectivity index (χ1v) is 4.01. The van der Waals surface area contributed by atoms with E-state index in [0.29, 0.717) is 5.82 Å². The van der Waals surface area contributed by atoms with Crippen LogP contribution in [0.25, 0.3) is 0 Å². The summed E-state index contributed by atoms with van der Waals surface area (Å²) in [6, 6.07) is 0. The first kappa shape index (κ1) is 10.6. The van der Waals surface area contributed by atoms with Crippen molar-refractivity contribution in [1.82, 2.24) is 9.55 Å². The van der Waals surface area contributed by atoms with Crippen molar-refractivity contribution in [3.8, 4) is 0 Å². The molecule has 0 radical (unpaired) electrons. The molecule has 0 aliphatic carbocycles. The predicted octanol–water partition coefficient (Wildman–Crippen LogP) is 1.07. The number of carboxylic acids is 1. The topological polar surface area (TPSA) is 55.1 Å². The third-order valence-corrected chi connectivity index (χ3v) is 1.90. The van der Waals surface area contributed by atoms with Gasteiger partial charge in [0.05, 0.1) is 0 Å². The van der Waals surface area contributed by atoms with Crippen molar-refractivity contribution < 1.29 is 18.7 Å².